The third kappa shape index (κ3) is 6.85. The fourth-order valence-electron chi connectivity index (χ4n) is 3.92. The van der Waals surface area contributed by atoms with Crippen LogP contribution in [-0.4, -0.2) is 51.4 Å². The first-order valence-electron chi connectivity index (χ1n) is 12.1. The van der Waals surface area contributed by atoms with Gasteiger partial charge in [-0.2, -0.15) is 0 Å². The number of aryl methyl sites for hydroxylation is 1. The van der Waals surface area contributed by atoms with Gasteiger partial charge in [-0.1, -0.05) is 41.9 Å². The third-order valence-corrected chi connectivity index (χ3v) is 8.12. The summed E-state index contributed by atoms with van der Waals surface area (Å²) in [4.78, 5) is 28.0. The third-order valence-electron chi connectivity index (χ3n) is 6.09. The Morgan fingerprint density at radius 2 is 1.63 bits per heavy atom. The van der Waals surface area contributed by atoms with E-state index in [2.05, 4.69) is 5.32 Å². The van der Waals surface area contributed by atoms with Gasteiger partial charge in [-0.25, -0.2) is 8.42 Å². The second-order valence-corrected chi connectivity index (χ2v) is 11.0. The molecule has 0 fully saturated rings. The van der Waals surface area contributed by atoms with Gasteiger partial charge in [0.2, 0.25) is 11.8 Å². The number of hydrogen-bond acceptors (Lipinski definition) is 5. The van der Waals surface area contributed by atoms with Crippen molar-refractivity contribution >= 4 is 39.1 Å². The lowest BCUT2D eigenvalue weighted by Gasteiger charge is -2.32. The molecule has 1 N–H and O–H groups in total. The van der Waals surface area contributed by atoms with Gasteiger partial charge in [0.1, 0.15) is 18.3 Å². The molecular weight excluding hydrogens is 526 g/mol. The van der Waals surface area contributed by atoms with E-state index in [1.807, 2.05) is 0 Å². The summed E-state index contributed by atoms with van der Waals surface area (Å²) < 4.78 is 33.9. The number of amides is 2. The Morgan fingerprint density at radius 3 is 2.21 bits per heavy atom. The maximum absolute atomic E-state index is 13.8. The molecular formula is C28H32ClN3O5S. The predicted molar refractivity (Wildman–Crippen MR) is 149 cm³/mol. The minimum Gasteiger partial charge on any atom is -0.497 e. The number of nitrogens with one attached hydrogen (secondary N) is 1. The number of halogens is 1. The number of carbonyl (C=O) groups is 2. The standard InChI is InChI=1S/C28H32ClN3O5S/c1-5-30-28(34)21(3)31(18-22-10-14-24(37-4)15-11-22)27(33)19-32(26-9-7-6-8-20(26)2)38(35,36)25-16-12-23(29)13-17-25/h6-17,21H,5,18-19H2,1-4H3,(H,30,34)/t21-/m1/s1. The summed E-state index contributed by atoms with van der Waals surface area (Å²) in [6.07, 6.45) is 0. The van der Waals surface area contributed by atoms with Crippen LogP contribution in [0.1, 0.15) is 25.0 Å². The van der Waals surface area contributed by atoms with Gasteiger partial charge in [0, 0.05) is 18.1 Å². The average Bonchev–Trinajstić information content (AvgIpc) is 2.91. The highest BCUT2D eigenvalue weighted by atomic mass is 35.5. The number of likely N-dealkylation sites (N-methyl/N-ethyl adjacent to an activating group) is 1. The number of benzene rings is 3. The second kappa shape index (κ2) is 12.8. The first kappa shape index (κ1) is 29.0. The van der Waals surface area contributed by atoms with Crippen molar-refractivity contribution in [3.63, 3.8) is 0 Å². The second-order valence-electron chi connectivity index (χ2n) is 8.69. The first-order chi connectivity index (χ1) is 18.1. The molecule has 0 heterocycles. The zero-order chi connectivity index (χ0) is 27.9. The van der Waals surface area contributed by atoms with Gasteiger partial charge in [-0.05, 0) is 74.4 Å². The average molecular weight is 558 g/mol. The summed E-state index contributed by atoms with van der Waals surface area (Å²) in [5.74, 6) is -0.207. The van der Waals surface area contributed by atoms with E-state index in [0.29, 0.717) is 28.6 Å². The first-order valence-corrected chi connectivity index (χ1v) is 13.9. The molecule has 3 aromatic carbocycles. The van der Waals surface area contributed by atoms with Gasteiger partial charge >= 0.3 is 0 Å². The minimum atomic E-state index is -4.15. The minimum absolute atomic E-state index is 0.00330. The number of anilines is 1. The molecule has 1 atom stereocenters. The number of methoxy groups -OCH3 is 1. The van der Waals surface area contributed by atoms with E-state index in [-0.39, 0.29) is 17.3 Å². The fourth-order valence-corrected chi connectivity index (χ4v) is 5.53. The molecule has 8 nitrogen and oxygen atoms in total. The topological polar surface area (TPSA) is 96.0 Å². The summed E-state index contributed by atoms with van der Waals surface area (Å²) in [6, 6.07) is 19.0. The number of carbonyl (C=O) groups excluding carboxylic acids is 2. The van der Waals surface area contributed by atoms with E-state index in [1.165, 1.54) is 29.2 Å². The molecule has 202 valence electrons. The summed E-state index contributed by atoms with van der Waals surface area (Å²) in [6.45, 7) is 5.18. The van der Waals surface area contributed by atoms with E-state index < -0.39 is 28.5 Å². The van der Waals surface area contributed by atoms with E-state index in [9.17, 15) is 18.0 Å². The van der Waals surface area contributed by atoms with Crippen LogP contribution in [0.25, 0.3) is 0 Å². The largest absolute Gasteiger partial charge is 0.497 e. The van der Waals surface area contributed by atoms with Crippen LogP contribution in [0.2, 0.25) is 5.02 Å². The number of hydrogen-bond donors (Lipinski definition) is 1. The molecule has 0 aliphatic heterocycles. The van der Waals surface area contributed by atoms with Gasteiger partial charge in [-0.3, -0.25) is 13.9 Å². The zero-order valence-electron chi connectivity index (χ0n) is 21.8. The maximum Gasteiger partial charge on any atom is 0.264 e. The van der Waals surface area contributed by atoms with Crippen LogP contribution in [0.5, 0.6) is 5.75 Å². The van der Waals surface area contributed by atoms with Crippen molar-refractivity contribution in [1.29, 1.82) is 0 Å². The van der Waals surface area contributed by atoms with Gasteiger partial charge in [0.25, 0.3) is 10.0 Å². The van der Waals surface area contributed by atoms with E-state index in [1.54, 1.807) is 76.4 Å². The van der Waals surface area contributed by atoms with Crippen LogP contribution in [0.15, 0.2) is 77.7 Å². The zero-order valence-corrected chi connectivity index (χ0v) is 23.4. The van der Waals surface area contributed by atoms with Crippen LogP contribution in [0.4, 0.5) is 5.69 Å². The number of nitrogens with zero attached hydrogens (tertiary/aromatic N) is 2. The highest BCUT2D eigenvalue weighted by Crippen LogP contribution is 2.28. The number of rotatable bonds is 11. The van der Waals surface area contributed by atoms with Crippen LogP contribution in [-0.2, 0) is 26.2 Å². The van der Waals surface area contributed by atoms with Crippen LogP contribution in [0, 0.1) is 6.92 Å². The molecule has 0 aliphatic rings. The van der Waals surface area contributed by atoms with Gasteiger partial charge < -0.3 is 15.0 Å². The van der Waals surface area contributed by atoms with Crippen LogP contribution in [0.3, 0.4) is 0 Å². The Bertz CT molecular complexity index is 1360. The van der Waals surface area contributed by atoms with E-state index in [0.717, 1.165) is 9.87 Å². The van der Waals surface area contributed by atoms with E-state index in [4.69, 9.17) is 16.3 Å². The van der Waals surface area contributed by atoms with Crippen molar-refractivity contribution < 1.29 is 22.7 Å². The summed E-state index contributed by atoms with van der Waals surface area (Å²) in [5, 5.41) is 3.14. The van der Waals surface area contributed by atoms with Gasteiger partial charge in [0.15, 0.2) is 0 Å². The maximum atomic E-state index is 13.8. The van der Waals surface area contributed by atoms with Gasteiger partial charge in [-0.15, -0.1) is 0 Å². The normalized spacial score (nSPS) is 11.9. The SMILES string of the molecule is CCNC(=O)[C@@H](C)N(Cc1ccc(OC)cc1)C(=O)CN(c1ccccc1C)S(=O)(=O)c1ccc(Cl)cc1. The monoisotopic (exact) mass is 557 g/mol. The Balaban J connectivity index is 2.03. The molecule has 38 heavy (non-hydrogen) atoms. The van der Waals surface area contributed by atoms with E-state index >= 15 is 0 Å². The lowest BCUT2D eigenvalue weighted by molar-refractivity contribution is -0.139. The number of para-hydroxylation sites is 1. The lowest BCUT2D eigenvalue weighted by atomic mass is 10.1. The van der Waals surface area contributed by atoms with Crippen molar-refractivity contribution in [3.05, 3.63) is 88.9 Å². The van der Waals surface area contributed by atoms with Crippen molar-refractivity contribution in [2.24, 2.45) is 0 Å². The van der Waals surface area contributed by atoms with Crippen LogP contribution < -0.4 is 14.4 Å². The fraction of sp³-hybridized carbons (Fsp3) is 0.286. The Kier molecular flexibility index (Phi) is 9.77. The molecule has 0 radical (unpaired) electrons. The quantitative estimate of drug-likeness (QED) is 0.377. The number of ether oxygens (including phenoxy) is 1. The van der Waals surface area contributed by atoms with Gasteiger partial charge in [0.05, 0.1) is 17.7 Å². The highest BCUT2D eigenvalue weighted by Gasteiger charge is 2.33. The summed E-state index contributed by atoms with van der Waals surface area (Å²) in [5.41, 5.74) is 1.81. The molecule has 0 saturated heterocycles. The molecule has 0 saturated carbocycles. The molecule has 3 aromatic rings. The summed E-state index contributed by atoms with van der Waals surface area (Å²) in [7, 11) is -2.59. The summed E-state index contributed by atoms with van der Waals surface area (Å²) >= 11 is 5.98. The molecule has 0 spiro atoms. The Labute approximate surface area is 229 Å². The van der Waals surface area contributed by atoms with Crippen molar-refractivity contribution in [2.45, 2.75) is 38.3 Å². The van der Waals surface area contributed by atoms with Crippen molar-refractivity contribution in [2.75, 3.05) is 24.5 Å². The predicted octanol–water partition coefficient (Wildman–Crippen LogP) is 4.41. The molecule has 2 amide bonds. The Morgan fingerprint density at radius 1 is 1.00 bits per heavy atom. The molecule has 0 aromatic heterocycles. The van der Waals surface area contributed by atoms with Crippen molar-refractivity contribution in [1.82, 2.24) is 10.2 Å². The molecule has 3 rings (SSSR count). The molecule has 10 heteroatoms. The number of sulfonamides is 1. The lowest BCUT2D eigenvalue weighted by Crippen LogP contribution is -2.51. The van der Waals surface area contributed by atoms with Crippen molar-refractivity contribution in [3.8, 4) is 5.75 Å². The smallest absolute Gasteiger partial charge is 0.264 e. The Hall–Kier alpha value is -3.56. The molecule has 0 unspecified atom stereocenters. The van der Waals surface area contributed by atoms with Crippen LogP contribution >= 0.6 is 11.6 Å². The molecule has 0 bridgehead atoms. The molecule has 0 aliphatic carbocycles. The highest BCUT2D eigenvalue weighted by molar-refractivity contribution is 7.92.